The summed E-state index contributed by atoms with van der Waals surface area (Å²) in [6.45, 7) is 1.29. The van der Waals surface area contributed by atoms with E-state index in [9.17, 15) is 9.90 Å². The largest absolute Gasteiger partial charge is 0.493 e. The first-order valence-corrected chi connectivity index (χ1v) is 12.2. The van der Waals surface area contributed by atoms with E-state index in [4.69, 9.17) is 18.9 Å². The van der Waals surface area contributed by atoms with Gasteiger partial charge in [0.05, 0.1) is 19.8 Å². The minimum Gasteiger partial charge on any atom is -0.493 e. The SMILES string of the molecule is O=C(O)[C@H](Cc1ccc(OCCCOc2ccc(Oc3ccccc3)cc2)cc1)OCc1ccccc1. The van der Waals surface area contributed by atoms with Gasteiger partial charge in [-0.2, -0.15) is 0 Å². The molecule has 0 aliphatic rings. The summed E-state index contributed by atoms with van der Waals surface area (Å²) in [6.07, 6.45) is 0.0901. The van der Waals surface area contributed by atoms with E-state index in [1.54, 1.807) is 0 Å². The number of carboxylic acids is 1. The van der Waals surface area contributed by atoms with Crippen LogP contribution < -0.4 is 14.2 Å². The van der Waals surface area contributed by atoms with E-state index in [2.05, 4.69) is 0 Å². The fraction of sp³-hybridized carbons (Fsp3) is 0.194. The number of carbonyl (C=O) groups is 1. The van der Waals surface area contributed by atoms with Crippen molar-refractivity contribution in [1.29, 1.82) is 0 Å². The summed E-state index contributed by atoms with van der Waals surface area (Å²) in [6, 6.07) is 34.1. The molecule has 6 heteroatoms. The van der Waals surface area contributed by atoms with Crippen molar-refractivity contribution in [2.24, 2.45) is 0 Å². The number of hydrogen-bond acceptors (Lipinski definition) is 5. The van der Waals surface area contributed by atoms with E-state index in [0.717, 1.165) is 40.5 Å². The summed E-state index contributed by atoms with van der Waals surface area (Å²) in [5.41, 5.74) is 1.81. The second-order valence-corrected chi connectivity index (χ2v) is 8.41. The van der Waals surface area contributed by atoms with Crippen LogP contribution in [0.5, 0.6) is 23.0 Å². The van der Waals surface area contributed by atoms with Gasteiger partial charge < -0.3 is 24.1 Å². The lowest BCUT2D eigenvalue weighted by atomic mass is 10.1. The van der Waals surface area contributed by atoms with Crippen molar-refractivity contribution in [2.75, 3.05) is 13.2 Å². The van der Waals surface area contributed by atoms with Crippen LogP contribution in [0.1, 0.15) is 17.5 Å². The first kappa shape index (κ1) is 25.8. The Morgan fingerprint density at radius 3 is 1.73 bits per heavy atom. The number of hydrogen-bond donors (Lipinski definition) is 1. The average Bonchev–Trinajstić information content (AvgIpc) is 2.93. The number of rotatable bonds is 14. The molecule has 0 saturated carbocycles. The number of aliphatic carboxylic acids is 1. The normalized spacial score (nSPS) is 11.5. The van der Waals surface area contributed by atoms with Crippen LogP contribution in [0.25, 0.3) is 0 Å². The summed E-state index contributed by atoms with van der Waals surface area (Å²) in [5.74, 6) is 2.06. The molecule has 0 aliphatic heterocycles. The van der Waals surface area contributed by atoms with Gasteiger partial charge in [0.15, 0.2) is 6.10 Å². The quantitative estimate of drug-likeness (QED) is 0.199. The minimum absolute atomic E-state index is 0.257. The number of carboxylic acid groups (broad SMARTS) is 1. The van der Waals surface area contributed by atoms with Crippen molar-refractivity contribution in [3.05, 3.63) is 120 Å². The highest BCUT2D eigenvalue weighted by Crippen LogP contribution is 2.23. The third-order valence-corrected chi connectivity index (χ3v) is 5.54. The third-order valence-electron chi connectivity index (χ3n) is 5.54. The smallest absolute Gasteiger partial charge is 0.333 e. The highest BCUT2D eigenvalue weighted by molar-refractivity contribution is 5.72. The molecular formula is C31H30O6. The summed E-state index contributed by atoms with van der Waals surface area (Å²) in [5, 5.41) is 9.52. The lowest BCUT2D eigenvalue weighted by Crippen LogP contribution is -2.26. The molecule has 0 heterocycles. The fourth-order valence-corrected chi connectivity index (χ4v) is 3.59. The fourth-order valence-electron chi connectivity index (χ4n) is 3.59. The molecule has 0 aliphatic carbocycles. The molecule has 4 aromatic carbocycles. The van der Waals surface area contributed by atoms with E-state index in [1.165, 1.54) is 0 Å². The first-order chi connectivity index (χ1) is 18.2. The van der Waals surface area contributed by atoms with Gasteiger partial charge >= 0.3 is 5.97 Å². The Kier molecular flexibility index (Phi) is 9.55. The van der Waals surface area contributed by atoms with Crippen molar-refractivity contribution in [2.45, 2.75) is 25.6 Å². The van der Waals surface area contributed by atoms with Crippen LogP contribution in [-0.4, -0.2) is 30.4 Å². The van der Waals surface area contributed by atoms with Crippen molar-refractivity contribution >= 4 is 5.97 Å². The Labute approximate surface area is 217 Å². The number of ether oxygens (including phenoxy) is 4. The molecule has 0 radical (unpaired) electrons. The summed E-state index contributed by atoms with van der Waals surface area (Å²) in [7, 11) is 0. The molecule has 4 aromatic rings. The summed E-state index contributed by atoms with van der Waals surface area (Å²) < 4.78 is 23.0. The van der Waals surface area contributed by atoms with Gasteiger partial charge in [-0.25, -0.2) is 4.79 Å². The molecule has 0 amide bonds. The maximum atomic E-state index is 11.6. The second kappa shape index (κ2) is 13.7. The highest BCUT2D eigenvalue weighted by Gasteiger charge is 2.19. The Morgan fingerprint density at radius 2 is 1.14 bits per heavy atom. The molecule has 37 heavy (non-hydrogen) atoms. The van der Waals surface area contributed by atoms with Gasteiger partial charge in [-0.1, -0.05) is 60.7 Å². The monoisotopic (exact) mass is 498 g/mol. The Bertz CT molecular complexity index is 1210. The predicted octanol–water partition coefficient (Wildman–Crippen LogP) is 6.54. The maximum absolute atomic E-state index is 11.6. The molecule has 1 N–H and O–H groups in total. The van der Waals surface area contributed by atoms with Crippen LogP contribution in [0.4, 0.5) is 0 Å². The van der Waals surface area contributed by atoms with Crippen LogP contribution in [-0.2, 0) is 22.6 Å². The summed E-state index contributed by atoms with van der Waals surface area (Å²) >= 11 is 0. The van der Waals surface area contributed by atoms with Gasteiger partial charge in [0.25, 0.3) is 0 Å². The molecule has 6 nitrogen and oxygen atoms in total. The standard InChI is InChI=1S/C31H30O6/c32-31(33)30(36-23-25-8-3-1-4-9-25)22-24-12-14-26(15-13-24)34-20-7-21-35-27-16-18-29(19-17-27)37-28-10-5-2-6-11-28/h1-6,8-19,30H,7,20-23H2,(H,32,33)/t30-/m0/s1. The molecule has 190 valence electrons. The topological polar surface area (TPSA) is 74.2 Å². The molecule has 1 atom stereocenters. The number of benzene rings is 4. The van der Waals surface area contributed by atoms with Gasteiger partial charge in [0.2, 0.25) is 0 Å². The van der Waals surface area contributed by atoms with Crippen LogP contribution >= 0.6 is 0 Å². The molecule has 0 bridgehead atoms. The second-order valence-electron chi connectivity index (χ2n) is 8.41. The van der Waals surface area contributed by atoms with Crippen molar-refractivity contribution < 1.29 is 28.8 Å². The van der Waals surface area contributed by atoms with Crippen LogP contribution in [0.3, 0.4) is 0 Å². The highest BCUT2D eigenvalue weighted by atomic mass is 16.5. The van der Waals surface area contributed by atoms with E-state index < -0.39 is 12.1 Å². The molecule has 4 rings (SSSR count). The van der Waals surface area contributed by atoms with Crippen molar-refractivity contribution in [3.8, 4) is 23.0 Å². The third kappa shape index (κ3) is 8.70. The van der Waals surface area contributed by atoms with Gasteiger partial charge in [0, 0.05) is 12.8 Å². The zero-order chi connectivity index (χ0) is 25.7. The van der Waals surface area contributed by atoms with Crippen molar-refractivity contribution in [1.82, 2.24) is 0 Å². The zero-order valence-corrected chi connectivity index (χ0v) is 20.5. The van der Waals surface area contributed by atoms with Gasteiger partial charge in [-0.05, 0) is 59.7 Å². The molecule has 0 spiro atoms. The van der Waals surface area contributed by atoms with E-state index in [0.29, 0.717) is 13.2 Å². The molecule has 0 saturated heterocycles. The molecular weight excluding hydrogens is 468 g/mol. The van der Waals surface area contributed by atoms with Gasteiger partial charge in [-0.3, -0.25) is 0 Å². The minimum atomic E-state index is -0.977. The lowest BCUT2D eigenvalue weighted by Gasteiger charge is -2.14. The van der Waals surface area contributed by atoms with Crippen LogP contribution in [0, 0.1) is 0 Å². The Morgan fingerprint density at radius 1 is 0.622 bits per heavy atom. The Balaban J connectivity index is 1.15. The zero-order valence-electron chi connectivity index (χ0n) is 20.5. The van der Waals surface area contributed by atoms with Gasteiger partial charge in [0.1, 0.15) is 23.0 Å². The van der Waals surface area contributed by atoms with Crippen LogP contribution in [0.15, 0.2) is 109 Å². The average molecular weight is 499 g/mol. The van der Waals surface area contributed by atoms with E-state index in [-0.39, 0.29) is 13.0 Å². The molecule has 0 unspecified atom stereocenters. The van der Waals surface area contributed by atoms with E-state index >= 15 is 0 Å². The molecule has 0 aromatic heterocycles. The van der Waals surface area contributed by atoms with Gasteiger partial charge in [-0.15, -0.1) is 0 Å². The molecule has 0 fully saturated rings. The first-order valence-electron chi connectivity index (χ1n) is 12.2. The predicted molar refractivity (Wildman–Crippen MR) is 141 cm³/mol. The van der Waals surface area contributed by atoms with E-state index in [1.807, 2.05) is 109 Å². The van der Waals surface area contributed by atoms with Crippen molar-refractivity contribution in [3.63, 3.8) is 0 Å². The summed E-state index contributed by atoms with van der Waals surface area (Å²) in [4.78, 5) is 11.6. The Hall–Kier alpha value is -4.29. The number of para-hydroxylation sites is 1. The lowest BCUT2D eigenvalue weighted by molar-refractivity contribution is -0.151. The maximum Gasteiger partial charge on any atom is 0.333 e. The van der Waals surface area contributed by atoms with Crippen LogP contribution in [0.2, 0.25) is 0 Å².